The van der Waals surface area contributed by atoms with E-state index in [1.807, 2.05) is 6.92 Å². The summed E-state index contributed by atoms with van der Waals surface area (Å²) in [5.41, 5.74) is 6.11. The van der Waals surface area contributed by atoms with Gasteiger partial charge in [-0.3, -0.25) is 14.9 Å². The number of primary amides is 1. The molecule has 1 aromatic carbocycles. The molecule has 4 rings (SSSR count). The number of aromatic nitrogens is 3. The van der Waals surface area contributed by atoms with Crippen molar-refractivity contribution in [3.63, 3.8) is 0 Å². The van der Waals surface area contributed by atoms with Crippen LogP contribution in [0.1, 0.15) is 47.4 Å². The Morgan fingerprint density at radius 1 is 1.18 bits per heavy atom. The number of alkyl halides is 3. The summed E-state index contributed by atoms with van der Waals surface area (Å²) in [4.78, 5) is 44.7. The number of pyridine rings is 2. The van der Waals surface area contributed by atoms with Gasteiger partial charge in [-0.25, -0.2) is 14.8 Å². The molecule has 0 spiro atoms. The predicted molar refractivity (Wildman–Crippen MR) is 143 cm³/mol. The molecule has 13 heteroatoms. The van der Waals surface area contributed by atoms with E-state index < -0.39 is 29.2 Å². The highest BCUT2D eigenvalue weighted by Crippen LogP contribution is 2.36. The van der Waals surface area contributed by atoms with E-state index >= 15 is 0 Å². The van der Waals surface area contributed by atoms with Gasteiger partial charge in [-0.05, 0) is 49.1 Å². The normalized spacial score (nSPS) is 11.5. The van der Waals surface area contributed by atoms with Gasteiger partial charge in [0.25, 0.3) is 5.91 Å². The summed E-state index contributed by atoms with van der Waals surface area (Å²) in [5, 5.41) is 6.52. The molecule has 0 saturated carbocycles. The molecule has 0 atom stereocenters. The smallest absolute Gasteiger partial charge is 0.365 e. The molecule has 3 aromatic heterocycles. The molecule has 0 saturated heterocycles. The van der Waals surface area contributed by atoms with Gasteiger partial charge >= 0.3 is 12.2 Å². The Morgan fingerprint density at radius 3 is 2.59 bits per heavy atom. The Bertz CT molecular complexity index is 1610. The second kappa shape index (κ2) is 11.2. The summed E-state index contributed by atoms with van der Waals surface area (Å²) in [7, 11) is 0. The molecule has 204 valence electrons. The van der Waals surface area contributed by atoms with Crippen molar-refractivity contribution in [2.75, 3.05) is 11.9 Å². The fourth-order valence-electron chi connectivity index (χ4n) is 4.11. The number of carbonyl (C=O) groups excluding carboxylic acids is 2. The fraction of sp³-hybridized carbons (Fsp3) is 0.269. The number of benzene rings is 1. The zero-order valence-electron chi connectivity index (χ0n) is 21.1. The number of rotatable bonds is 8. The van der Waals surface area contributed by atoms with E-state index in [1.165, 1.54) is 18.5 Å². The standard InChI is InChI=1S/C26H25F3N6O3S/c1-3-7-35-12-18(23(30)37)22(36)16-6-5-14(9-19(16)35)8-15-11-32-21(34-25(38)31-4-2)10-17(15)24-33-20(13-39-24)26(27,28)29/h5-6,9-13H,3-4,7-8H2,1-2H3,(H2,30,37)(H2,31,32,34,38). The molecule has 3 heterocycles. The van der Waals surface area contributed by atoms with Crippen molar-refractivity contribution in [1.82, 2.24) is 19.9 Å². The molecule has 0 fully saturated rings. The first-order chi connectivity index (χ1) is 18.5. The van der Waals surface area contributed by atoms with Crippen LogP contribution in [0.4, 0.5) is 23.8 Å². The maximum atomic E-state index is 13.3. The van der Waals surface area contributed by atoms with E-state index in [9.17, 15) is 27.6 Å². The summed E-state index contributed by atoms with van der Waals surface area (Å²) >= 11 is 0.834. The first-order valence-electron chi connectivity index (χ1n) is 12.0. The zero-order chi connectivity index (χ0) is 28.3. The zero-order valence-corrected chi connectivity index (χ0v) is 21.9. The van der Waals surface area contributed by atoms with Crippen LogP contribution in [0.3, 0.4) is 0 Å². The highest BCUT2D eigenvalue weighted by molar-refractivity contribution is 7.13. The molecular formula is C26H25F3N6O3S. The average Bonchev–Trinajstić information content (AvgIpc) is 3.38. The lowest BCUT2D eigenvalue weighted by Crippen LogP contribution is -2.28. The number of halogens is 3. The minimum Gasteiger partial charge on any atom is -0.365 e. The van der Waals surface area contributed by atoms with Crippen LogP contribution in [-0.4, -0.2) is 33.0 Å². The lowest BCUT2D eigenvalue weighted by atomic mass is 10.00. The average molecular weight is 559 g/mol. The van der Waals surface area contributed by atoms with Crippen molar-refractivity contribution < 1.29 is 22.8 Å². The number of nitrogens with one attached hydrogen (secondary N) is 2. The van der Waals surface area contributed by atoms with Crippen molar-refractivity contribution in [2.24, 2.45) is 5.73 Å². The van der Waals surface area contributed by atoms with Crippen molar-refractivity contribution in [2.45, 2.75) is 39.4 Å². The monoisotopic (exact) mass is 558 g/mol. The number of hydrogen-bond donors (Lipinski definition) is 3. The van der Waals surface area contributed by atoms with Gasteiger partial charge in [-0.1, -0.05) is 13.0 Å². The van der Waals surface area contributed by atoms with E-state index in [4.69, 9.17) is 5.73 Å². The minimum absolute atomic E-state index is 0.102. The fourth-order valence-corrected chi connectivity index (χ4v) is 4.99. The summed E-state index contributed by atoms with van der Waals surface area (Å²) in [6.07, 6.45) is -0.692. The summed E-state index contributed by atoms with van der Waals surface area (Å²) in [6, 6.07) is 6.09. The SMILES string of the molecule is CCCn1cc(C(N)=O)c(=O)c2ccc(Cc3cnc(NC(=O)NCC)cc3-c3nc(C(F)(F)F)cs3)cc21. The van der Waals surface area contributed by atoms with Crippen molar-refractivity contribution >= 4 is 40.0 Å². The number of nitrogens with two attached hydrogens (primary N) is 1. The molecule has 0 unspecified atom stereocenters. The van der Waals surface area contributed by atoms with Gasteiger partial charge in [0.1, 0.15) is 16.4 Å². The molecule has 4 aromatic rings. The summed E-state index contributed by atoms with van der Waals surface area (Å²) < 4.78 is 41.6. The number of amides is 3. The van der Waals surface area contributed by atoms with Gasteiger partial charge in [0, 0.05) is 41.8 Å². The van der Waals surface area contributed by atoms with Gasteiger partial charge in [0.15, 0.2) is 5.69 Å². The van der Waals surface area contributed by atoms with E-state index in [0.717, 1.165) is 28.7 Å². The quantitative estimate of drug-likeness (QED) is 0.286. The maximum Gasteiger partial charge on any atom is 0.434 e. The van der Waals surface area contributed by atoms with Gasteiger partial charge in [-0.15, -0.1) is 11.3 Å². The van der Waals surface area contributed by atoms with Crippen molar-refractivity contribution in [3.8, 4) is 10.6 Å². The number of hydrogen-bond acceptors (Lipinski definition) is 6. The predicted octanol–water partition coefficient (Wildman–Crippen LogP) is 4.78. The number of anilines is 1. The topological polar surface area (TPSA) is 132 Å². The molecule has 0 aliphatic carbocycles. The number of carbonyl (C=O) groups is 2. The van der Waals surface area contributed by atoms with Crippen LogP contribution < -0.4 is 21.8 Å². The van der Waals surface area contributed by atoms with Crippen molar-refractivity contribution in [1.29, 1.82) is 0 Å². The van der Waals surface area contributed by atoms with Crippen LogP contribution in [-0.2, 0) is 19.1 Å². The van der Waals surface area contributed by atoms with Crippen LogP contribution in [0.2, 0.25) is 0 Å². The van der Waals surface area contributed by atoms with Gasteiger partial charge in [0.05, 0.1) is 5.52 Å². The molecule has 3 amide bonds. The highest BCUT2D eigenvalue weighted by Gasteiger charge is 2.34. The number of nitrogens with zero attached hydrogens (tertiary/aromatic N) is 3. The Morgan fingerprint density at radius 2 is 1.95 bits per heavy atom. The molecule has 39 heavy (non-hydrogen) atoms. The summed E-state index contributed by atoms with van der Waals surface area (Å²) in [6.45, 7) is 4.61. The Hall–Kier alpha value is -4.26. The second-order valence-electron chi connectivity index (χ2n) is 8.70. The number of urea groups is 1. The molecule has 9 nitrogen and oxygen atoms in total. The van der Waals surface area contributed by atoms with Crippen LogP contribution in [0.25, 0.3) is 21.5 Å². The minimum atomic E-state index is -4.60. The summed E-state index contributed by atoms with van der Waals surface area (Å²) in [5.74, 6) is -0.660. The first-order valence-corrected chi connectivity index (χ1v) is 12.9. The Labute approximate surface area is 224 Å². The van der Waals surface area contributed by atoms with Crippen LogP contribution >= 0.6 is 11.3 Å². The van der Waals surface area contributed by atoms with Gasteiger partial charge < -0.3 is 15.6 Å². The third-order valence-corrected chi connectivity index (χ3v) is 6.74. The number of aryl methyl sites for hydroxylation is 1. The van der Waals surface area contributed by atoms with Crippen LogP contribution in [0.5, 0.6) is 0 Å². The van der Waals surface area contributed by atoms with Gasteiger partial charge in [0.2, 0.25) is 5.43 Å². The lowest BCUT2D eigenvalue weighted by molar-refractivity contribution is -0.140. The Balaban J connectivity index is 1.80. The number of thiazole rings is 1. The van der Waals surface area contributed by atoms with E-state index in [-0.39, 0.29) is 22.8 Å². The van der Waals surface area contributed by atoms with Crippen LogP contribution in [0.15, 0.2) is 46.8 Å². The largest absolute Gasteiger partial charge is 0.434 e. The second-order valence-corrected chi connectivity index (χ2v) is 9.56. The van der Waals surface area contributed by atoms with Crippen LogP contribution in [0, 0.1) is 0 Å². The molecule has 4 N–H and O–H groups in total. The Kier molecular flexibility index (Phi) is 8.00. The molecule has 0 radical (unpaired) electrons. The molecule has 0 aliphatic heterocycles. The lowest BCUT2D eigenvalue weighted by Gasteiger charge is -2.14. The highest BCUT2D eigenvalue weighted by atomic mass is 32.1. The molecular weight excluding hydrogens is 533 g/mol. The molecule has 0 bridgehead atoms. The molecule has 0 aliphatic rings. The van der Waals surface area contributed by atoms with Crippen molar-refractivity contribution in [3.05, 3.63) is 74.6 Å². The maximum absolute atomic E-state index is 13.3. The first kappa shape index (κ1) is 27.8. The van der Waals surface area contributed by atoms with E-state index in [0.29, 0.717) is 35.1 Å². The van der Waals surface area contributed by atoms with Gasteiger partial charge in [-0.2, -0.15) is 13.2 Å². The van der Waals surface area contributed by atoms with E-state index in [1.54, 1.807) is 29.7 Å². The third kappa shape index (κ3) is 6.08. The van der Waals surface area contributed by atoms with E-state index in [2.05, 4.69) is 20.6 Å². The third-order valence-electron chi connectivity index (χ3n) is 5.86. The number of fused-ring (bicyclic) bond motifs is 1.